The van der Waals surface area contributed by atoms with Crippen LogP contribution in [0.3, 0.4) is 0 Å². The Kier molecular flexibility index (Phi) is 8.26. The van der Waals surface area contributed by atoms with Gasteiger partial charge in [-0.25, -0.2) is 0 Å². The Morgan fingerprint density at radius 3 is 1.69 bits per heavy atom. The molecular formula is C29H36O6. The van der Waals surface area contributed by atoms with E-state index in [4.69, 9.17) is 18.9 Å². The number of hydrogen-bond donors (Lipinski definition) is 0. The lowest BCUT2D eigenvalue weighted by atomic mass is 9.81. The van der Waals surface area contributed by atoms with Crippen LogP contribution in [0.25, 0.3) is 21.5 Å². The molecule has 0 radical (unpaired) electrons. The van der Waals surface area contributed by atoms with Gasteiger partial charge in [-0.1, -0.05) is 57.2 Å². The predicted octanol–water partition coefficient (Wildman–Crippen LogP) is 6.34. The maximum absolute atomic E-state index is 11.4. The first kappa shape index (κ1) is 26.3. The smallest absolute Gasteiger partial charge is 0.303 e. The van der Waals surface area contributed by atoms with Gasteiger partial charge in [0.25, 0.3) is 0 Å². The molecule has 0 heterocycles. The number of benzene rings is 3. The van der Waals surface area contributed by atoms with Crippen molar-refractivity contribution in [2.75, 3.05) is 13.2 Å². The second-order valence-corrected chi connectivity index (χ2v) is 9.66. The number of carbonyl (C=O) groups is 2. The summed E-state index contributed by atoms with van der Waals surface area (Å²) in [6.45, 7) is 13.5. The number of esters is 2. The van der Waals surface area contributed by atoms with Gasteiger partial charge in [0.05, 0.1) is 0 Å². The lowest BCUT2D eigenvalue weighted by Gasteiger charge is -2.25. The van der Waals surface area contributed by atoms with Crippen LogP contribution in [0.2, 0.25) is 0 Å². The summed E-state index contributed by atoms with van der Waals surface area (Å²) in [6.07, 6.45) is 0.201. The third-order valence-corrected chi connectivity index (χ3v) is 6.25. The molecule has 2 atom stereocenters. The van der Waals surface area contributed by atoms with E-state index in [0.717, 1.165) is 39.5 Å². The van der Waals surface area contributed by atoms with E-state index < -0.39 is 6.10 Å². The molecular weight excluding hydrogens is 444 g/mol. The largest absolute Gasteiger partial charge is 0.488 e. The highest BCUT2D eigenvalue weighted by Crippen LogP contribution is 2.44. The molecule has 35 heavy (non-hydrogen) atoms. The molecule has 0 aliphatic carbocycles. The molecule has 0 aromatic heterocycles. The number of carbonyl (C=O) groups excluding carboxylic acids is 2. The van der Waals surface area contributed by atoms with Crippen molar-refractivity contribution in [3.05, 3.63) is 48.0 Å². The van der Waals surface area contributed by atoms with Crippen molar-refractivity contribution < 1.29 is 28.5 Å². The van der Waals surface area contributed by atoms with Crippen LogP contribution in [0, 0.1) is 0 Å². The fourth-order valence-electron chi connectivity index (χ4n) is 4.07. The molecule has 2 unspecified atom stereocenters. The minimum Gasteiger partial charge on any atom is -0.488 e. The lowest BCUT2D eigenvalue weighted by molar-refractivity contribution is -0.147. The molecule has 6 heteroatoms. The standard InChI is InChI=1S/C29H36O6/c1-8-29(6,7)22-13-14-25-26(15-22)28(33-17-19(3)35-21(5)31)24-12-10-9-11-23(24)27(25)32-16-18(2)34-20(4)30/h9-15,18-19H,8,16-17H2,1-7H3. The van der Waals surface area contributed by atoms with E-state index in [1.54, 1.807) is 0 Å². The average Bonchev–Trinajstić information content (AvgIpc) is 2.79. The molecule has 3 rings (SSSR count). The molecule has 0 aliphatic rings. The number of rotatable bonds is 10. The summed E-state index contributed by atoms with van der Waals surface area (Å²) in [7, 11) is 0. The molecule has 3 aromatic carbocycles. The molecule has 0 spiro atoms. The summed E-state index contributed by atoms with van der Waals surface area (Å²) in [6, 6.07) is 14.3. The van der Waals surface area contributed by atoms with Gasteiger partial charge in [-0.2, -0.15) is 0 Å². The quantitative estimate of drug-likeness (QED) is 0.249. The van der Waals surface area contributed by atoms with Gasteiger partial charge in [-0.15, -0.1) is 0 Å². The van der Waals surface area contributed by atoms with E-state index in [9.17, 15) is 9.59 Å². The third-order valence-electron chi connectivity index (χ3n) is 6.25. The lowest BCUT2D eigenvalue weighted by Crippen LogP contribution is -2.21. The van der Waals surface area contributed by atoms with Crippen LogP contribution < -0.4 is 9.47 Å². The van der Waals surface area contributed by atoms with Crippen molar-refractivity contribution in [1.82, 2.24) is 0 Å². The summed E-state index contributed by atoms with van der Waals surface area (Å²) in [4.78, 5) is 22.8. The van der Waals surface area contributed by atoms with Crippen LogP contribution in [0.1, 0.15) is 60.5 Å². The summed E-state index contributed by atoms with van der Waals surface area (Å²) >= 11 is 0. The van der Waals surface area contributed by atoms with E-state index in [1.807, 2.05) is 38.1 Å². The van der Waals surface area contributed by atoms with Gasteiger partial charge in [-0.3, -0.25) is 9.59 Å². The van der Waals surface area contributed by atoms with E-state index >= 15 is 0 Å². The fraction of sp³-hybridized carbons (Fsp3) is 0.448. The van der Waals surface area contributed by atoms with Crippen LogP contribution >= 0.6 is 0 Å². The highest BCUT2D eigenvalue weighted by molar-refractivity contribution is 6.11. The van der Waals surface area contributed by atoms with Crippen LogP contribution in [-0.2, 0) is 24.5 Å². The first-order valence-corrected chi connectivity index (χ1v) is 12.1. The minimum atomic E-state index is -0.392. The SMILES string of the molecule is CCC(C)(C)c1ccc2c(OCC(C)OC(C)=O)c3ccccc3c(OCC(C)OC(C)=O)c2c1. The molecule has 188 valence electrons. The Morgan fingerprint density at radius 1 is 0.771 bits per heavy atom. The zero-order valence-corrected chi connectivity index (χ0v) is 21.8. The normalized spacial score (nSPS) is 13.3. The molecule has 0 saturated heterocycles. The summed E-state index contributed by atoms with van der Waals surface area (Å²) < 4.78 is 23.2. The summed E-state index contributed by atoms with van der Waals surface area (Å²) in [5.74, 6) is 0.765. The van der Waals surface area contributed by atoms with E-state index in [1.165, 1.54) is 19.4 Å². The number of ether oxygens (including phenoxy) is 4. The number of fused-ring (bicyclic) bond motifs is 2. The molecule has 0 amide bonds. The number of hydrogen-bond acceptors (Lipinski definition) is 6. The van der Waals surface area contributed by atoms with E-state index in [-0.39, 0.29) is 36.7 Å². The molecule has 0 aliphatic heterocycles. The molecule has 0 saturated carbocycles. The van der Waals surface area contributed by atoms with Gasteiger partial charge in [0.2, 0.25) is 0 Å². The van der Waals surface area contributed by atoms with Crippen molar-refractivity contribution >= 4 is 33.5 Å². The Labute approximate surface area is 207 Å². The van der Waals surface area contributed by atoms with Gasteiger partial charge in [-0.05, 0) is 37.3 Å². The van der Waals surface area contributed by atoms with Crippen molar-refractivity contribution in [2.24, 2.45) is 0 Å². The summed E-state index contributed by atoms with van der Waals surface area (Å²) in [5.41, 5.74) is 1.17. The predicted molar refractivity (Wildman–Crippen MR) is 138 cm³/mol. The third kappa shape index (κ3) is 6.24. The van der Waals surface area contributed by atoms with Crippen LogP contribution in [-0.4, -0.2) is 37.4 Å². The van der Waals surface area contributed by atoms with Gasteiger partial charge in [0, 0.05) is 35.4 Å². The maximum atomic E-state index is 11.4. The highest BCUT2D eigenvalue weighted by Gasteiger charge is 2.23. The van der Waals surface area contributed by atoms with Crippen molar-refractivity contribution in [2.45, 2.75) is 72.5 Å². The second kappa shape index (κ2) is 11.0. The highest BCUT2D eigenvalue weighted by atomic mass is 16.6. The average molecular weight is 481 g/mol. The van der Waals surface area contributed by atoms with E-state index in [2.05, 4.69) is 39.0 Å². The van der Waals surface area contributed by atoms with Gasteiger partial charge in [0.15, 0.2) is 0 Å². The van der Waals surface area contributed by atoms with E-state index in [0.29, 0.717) is 0 Å². The van der Waals surface area contributed by atoms with Crippen molar-refractivity contribution in [1.29, 1.82) is 0 Å². The second-order valence-electron chi connectivity index (χ2n) is 9.66. The first-order valence-electron chi connectivity index (χ1n) is 12.1. The van der Waals surface area contributed by atoms with Gasteiger partial charge < -0.3 is 18.9 Å². The molecule has 6 nitrogen and oxygen atoms in total. The van der Waals surface area contributed by atoms with Gasteiger partial charge >= 0.3 is 11.9 Å². The first-order chi connectivity index (χ1) is 16.5. The van der Waals surface area contributed by atoms with Crippen LogP contribution in [0.5, 0.6) is 11.5 Å². The van der Waals surface area contributed by atoms with Crippen LogP contribution in [0.15, 0.2) is 42.5 Å². The van der Waals surface area contributed by atoms with Crippen LogP contribution in [0.4, 0.5) is 0 Å². The van der Waals surface area contributed by atoms with Gasteiger partial charge in [0.1, 0.15) is 36.9 Å². The molecule has 3 aromatic rings. The zero-order chi connectivity index (χ0) is 25.8. The Bertz CT molecular complexity index is 1210. The molecule has 0 bridgehead atoms. The Balaban J connectivity index is 2.17. The molecule has 0 N–H and O–H groups in total. The molecule has 0 fully saturated rings. The Hall–Kier alpha value is -3.28. The zero-order valence-electron chi connectivity index (χ0n) is 21.8. The van der Waals surface area contributed by atoms with Crippen molar-refractivity contribution in [3.63, 3.8) is 0 Å². The monoisotopic (exact) mass is 480 g/mol. The summed E-state index contributed by atoms with van der Waals surface area (Å²) in [5, 5.41) is 3.63. The topological polar surface area (TPSA) is 71.1 Å². The van der Waals surface area contributed by atoms with Crippen molar-refractivity contribution in [3.8, 4) is 11.5 Å². The minimum absolute atomic E-state index is 0.0208. The fourth-order valence-corrected chi connectivity index (χ4v) is 4.07. The maximum Gasteiger partial charge on any atom is 0.303 e. The Morgan fingerprint density at radius 2 is 1.23 bits per heavy atom.